The van der Waals surface area contributed by atoms with Crippen molar-refractivity contribution >= 4 is 34.6 Å². The van der Waals surface area contributed by atoms with E-state index in [2.05, 4.69) is 15.3 Å². The zero-order valence-electron chi connectivity index (χ0n) is 11.5. The number of hydrogen-bond donors (Lipinski definition) is 1. The molecule has 0 saturated carbocycles. The number of carbonyl (C=O) groups excluding carboxylic acids is 1. The highest BCUT2D eigenvalue weighted by Crippen LogP contribution is 2.21. The van der Waals surface area contributed by atoms with Crippen molar-refractivity contribution in [1.29, 1.82) is 0 Å². The van der Waals surface area contributed by atoms with Crippen molar-refractivity contribution in [2.45, 2.75) is 26.8 Å². The topological polar surface area (TPSA) is 83.4 Å². The van der Waals surface area contributed by atoms with Crippen LogP contribution in [0.5, 0.6) is 0 Å². The fourth-order valence-corrected chi connectivity index (χ4v) is 2.02. The number of amides is 1. The van der Waals surface area contributed by atoms with E-state index in [1.165, 1.54) is 0 Å². The lowest BCUT2D eigenvalue weighted by atomic mass is 10.1. The highest BCUT2D eigenvalue weighted by atomic mass is 32.1. The molecule has 6 nitrogen and oxygen atoms in total. The summed E-state index contributed by atoms with van der Waals surface area (Å²) in [6, 6.07) is 5.07. The van der Waals surface area contributed by atoms with Crippen LogP contribution in [0.15, 0.2) is 33.5 Å². The number of thiocarbonyl (C=S) groups is 1. The summed E-state index contributed by atoms with van der Waals surface area (Å²) >= 11 is 4.75. The molecule has 0 saturated heterocycles. The van der Waals surface area contributed by atoms with Crippen molar-refractivity contribution in [2.75, 3.05) is 0 Å². The summed E-state index contributed by atoms with van der Waals surface area (Å²) in [5, 5.41) is 13.1. The van der Waals surface area contributed by atoms with E-state index in [-0.39, 0.29) is 11.0 Å². The zero-order valence-corrected chi connectivity index (χ0v) is 12.3. The van der Waals surface area contributed by atoms with Crippen molar-refractivity contribution in [1.82, 2.24) is 5.01 Å². The third-order valence-corrected chi connectivity index (χ3v) is 3.11. The van der Waals surface area contributed by atoms with E-state index in [9.17, 15) is 4.79 Å². The van der Waals surface area contributed by atoms with Gasteiger partial charge in [0.05, 0.1) is 11.4 Å². The van der Waals surface area contributed by atoms with Crippen LogP contribution in [0.3, 0.4) is 0 Å². The largest absolute Gasteiger partial charge is 0.374 e. The Morgan fingerprint density at radius 1 is 1.40 bits per heavy atom. The molecule has 1 heterocycles. The number of aryl methyl sites for hydroxylation is 2. The summed E-state index contributed by atoms with van der Waals surface area (Å²) in [6.07, 6.45) is 0. The molecule has 7 heteroatoms. The first kappa shape index (κ1) is 14.3. The van der Waals surface area contributed by atoms with Gasteiger partial charge in [0.1, 0.15) is 0 Å². The average molecular weight is 289 g/mol. The van der Waals surface area contributed by atoms with Crippen LogP contribution >= 0.6 is 12.2 Å². The molecule has 1 unspecified atom stereocenters. The molecule has 0 fully saturated rings. The van der Waals surface area contributed by atoms with Gasteiger partial charge in [0.25, 0.3) is 5.91 Å². The minimum absolute atomic E-state index is 0.0847. The second-order valence-electron chi connectivity index (χ2n) is 4.64. The summed E-state index contributed by atoms with van der Waals surface area (Å²) in [7, 11) is 0. The number of azo groups is 1. The Bertz CT molecular complexity index is 638. The number of rotatable bonds is 2. The van der Waals surface area contributed by atoms with Crippen LogP contribution in [0, 0.1) is 13.8 Å². The van der Waals surface area contributed by atoms with Gasteiger partial charge >= 0.3 is 0 Å². The predicted molar refractivity (Wildman–Crippen MR) is 81.0 cm³/mol. The van der Waals surface area contributed by atoms with Gasteiger partial charge in [0.15, 0.2) is 11.2 Å². The SMILES string of the molecule is CC1=NN(C(N)=S)C(=O)C1N=Nc1ccc(C)cc1C. The molecule has 2 rings (SSSR count). The normalized spacial score (nSPS) is 18.8. The summed E-state index contributed by atoms with van der Waals surface area (Å²) in [5.41, 5.74) is 8.82. The van der Waals surface area contributed by atoms with Gasteiger partial charge in [-0.25, -0.2) is 0 Å². The molecule has 0 aliphatic carbocycles. The molecule has 20 heavy (non-hydrogen) atoms. The fraction of sp³-hybridized carbons (Fsp3) is 0.308. The summed E-state index contributed by atoms with van der Waals surface area (Å²) < 4.78 is 0. The first-order valence-corrected chi connectivity index (χ1v) is 6.47. The van der Waals surface area contributed by atoms with Crippen LogP contribution in [-0.2, 0) is 4.79 Å². The number of hydrazone groups is 1. The maximum atomic E-state index is 12.0. The number of carbonyl (C=O) groups is 1. The van der Waals surface area contributed by atoms with Gasteiger partial charge in [-0.3, -0.25) is 4.79 Å². The minimum atomic E-state index is -0.753. The molecule has 1 aromatic carbocycles. The second kappa shape index (κ2) is 5.46. The maximum absolute atomic E-state index is 12.0. The Morgan fingerprint density at radius 3 is 2.65 bits per heavy atom. The van der Waals surface area contributed by atoms with E-state index in [1.807, 2.05) is 32.0 Å². The van der Waals surface area contributed by atoms with E-state index >= 15 is 0 Å². The summed E-state index contributed by atoms with van der Waals surface area (Å²) in [4.78, 5) is 12.0. The van der Waals surface area contributed by atoms with Gasteiger partial charge in [-0.05, 0) is 44.6 Å². The van der Waals surface area contributed by atoms with Crippen molar-refractivity contribution in [2.24, 2.45) is 21.1 Å². The smallest absolute Gasteiger partial charge is 0.282 e. The third kappa shape index (κ3) is 2.72. The van der Waals surface area contributed by atoms with Crippen LogP contribution in [-0.4, -0.2) is 27.8 Å². The monoisotopic (exact) mass is 289 g/mol. The molecular formula is C13H15N5OS. The van der Waals surface area contributed by atoms with Crippen LogP contribution in [0.1, 0.15) is 18.1 Å². The summed E-state index contributed by atoms with van der Waals surface area (Å²) in [6.45, 7) is 5.65. The lowest BCUT2D eigenvalue weighted by Gasteiger charge is -2.08. The zero-order chi connectivity index (χ0) is 14.9. The Hall–Kier alpha value is -2.15. The van der Waals surface area contributed by atoms with E-state index in [0.29, 0.717) is 5.71 Å². The molecule has 0 spiro atoms. The first-order valence-electron chi connectivity index (χ1n) is 6.06. The molecule has 1 aliphatic heterocycles. The molecule has 1 atom stereocenters. The quantitative estimate of drug-likeness (QED) is 0.669. The van der Waals surface area contributed by atoms with Gasteiger partial charge in [0.2, 0.25) is 0 Å². The molecule has 1 amide bonds. The van der Waals surface area contributed by atoms with Crippen LogP contribution < -0.4 is 5.73 Å². The standard InChI is InChI=1S/C13H15N5OS/c1-7-4-5-10(8(2)6-7)15-16-11-9(3)17-18(12(11)19)13(14)20/h4-6,11H,1-3H3,(H2,14,20). The van der Waals surface area contributed by atoms with E-state index in [1.54, 1.807) is 6.92 Å². The van der Waals surface area contributed by atoms with Crippen molar-refractivity contribution < 1.29 is 4.79 Å². The molecule has 104 valence electrons. The first-order chi connectivity index (χ1) is 9.40. The molecule has 0 aromatic heterocycles. The molecule has 1 aliphatic rings. The molecule has 0 radical (unpaired) electrons. The van der Waals surface area contributed by atoms with Gasteiger partial charge in [0, 0.05) is 0 Å². The van der Waals surface area contributed by atoms with Gasteiger partial charge in [-0.2, -0.15) is 20.3 Å². The Labute approximate surface area is 122 Å². The van der Waals surface area contributed by atoms with E-state index < -0.39 is 6.04 Å². The van der Waals surface area contributed by atoms with E-state index in [0.717, 1.165) is 21.8 Å². The van der Waals surface area contributed by atoms with Crippen molar-refractivity contribution in [3.8, 4) is 0 Å². The number of nitrogens with zero attached hydrogens (tertiary/aromatic N) is 4. The van der Waals surface area contributed by atoms with Crippen molar-refractivity contribution in [3.63, 3.8) is 0 Å². The molecule has 1 aromatic rings. The van der Waals surface area contributed by atoms with Crippen LogP contribution in [0.2, 0.25) is 0 Å². The van der Waals surface area contributed by atoms with Crippen LogP contribution in [0.4, 0.5) is 5.69 Å². The molecular weight excluding hydrogens is 274 g/mol. The van der Waals surface area contributed by atoms with Gasteiger partial charge < -0.3 is 5.73 Å². The molecule has 2 N–H and O–H groups in total. The Kier molecular flexibility index (Phi) is 3.89. The Morgan fingerprint density at radius 2 is 2.10 bits per heavy atom. The van der Waals surface area contributed by atoms with Gasteiger partial charge in [-0.15, -0.1) is 0 Å². The highest BCUT2D eigenvalue weighted by molar-refractivity contribution is 7.80. The second-order valence-corrected chi connectivity index (χ2v) is 5.06. The lowest BCUT2D eigenvalue weighted by Crippen LogP contribution is -2.37. The number of nitrogens with two attached hydrogens (primary N) is 1. The van der Waals surface area contributed by atoms with Crippen molar-refractivity contribution in [3.05, 3.63) is 29.3 Å². The fourth-order valence-electron chi connectivity index (χ4n) is 1.88. The van der Waals surface area contributed by atoms with Crippen LogP contribution in [0.25, 0.3) is 0 Å². The Balaban J connectivity index is 2.22. The third-order valence-electron chi connectivity index (χ3n) is 2.94. The lowest BCUT2D eigenvalue weighted by molar-refractivity contribution is -0.126. The number of hydrogen-bond acceptors (Lipinski definition) is 5. The summed E-state index contributed by atoms with van der Waals surface area (Å²) in [5.74, 6) is -0.372. The molecule has 0 bridgehead atoms. The van der Waals surface area contributed by atoms with E-state index in [4.69, 9.17) is 18.0 Å². The predicted octanol–water partition coefficient (Wildman–Crippen LogP) is 2.22. The minimum Gasteiger partial charge on any atom is -0.374 e. The average Bonchev–Trinajstić information content (AvgIpc) is 2.65. The number of benzene rings is 1. The maximum Gasteiger partial charge on any atom is 0.282 e. The highest BCUT2D eigenvalue weighted by Gasteiger charge is 2.35. The van der Waals surface area contributed by atoms with Gasteiger partial charge in [-0.1, -0.05) is 17.7 Å².